The van der Waals surface area contributed by atoms with Gasteiger partial charge < -0.3 is 10.2 Å². The van der Waals surface area contributed by atoms with Crippen LogP contribution in [0.3, 0.4) is 0 Å². The van der Waals surface area contributed by atoms with Crippen molar-refractivity contribution in [3.05, 3.63) is 0 Å². The third-order valence-corrected chi connectivity index (χ3v) is 3.61. The molecule has 0 spiro atoms. The molecular formula is C12H22N4O2. The van der Waals surface area contributed by atoms with Gasteiger partial charge in [0.1, 0.15) is 0 Å². The monoisotopic (exact) mass is 254 g/mol. The van der Waals surface area contributed by atoms with E-state index in [9.17, 15) is 9.59 Å². The highest BCUT2D eigenvalue weighted by atomic mass is 16.2. The number of piperazine rings is 1. The number of imide groups is 1. The van der Waals surface area contributed by atoms with E-state index in [0.29, 0.717) is 6.42 Å². The lowest BCUT2D eigenvalue weighted by atomic mass is 10.2. The average Bonchev–Trinajstić information content (AvgIpc) is 3.21. The van der Waals surface area contributed by atoms with Crippen LogP contribution in [0.2, 0.25) is 0 Å². The average molecular weight is 254 g/mol. The van der Waals surface area contributed by atoms with Crippen molar-refractivity contribution in [1.82, 2.24) is 20.4 Å². The number of rotatable bonds is 4. The molecule has 6 heteroatoms. The van der Waals surface area contributed by atoms with Crippen molar-refractivity contribution in [2.75, 3.05) is 39.8 Å². The summed E-state index contributed by atoms with van der Waals surface area (Å²) in [7, 11) is 1.50. The van der Waals surface area contributed by atoms with Gasteiger partial charge in [0, 0.05) is 52.2 Å². The van der Waals surface area contributed by atoms with Gasteiger partial charge in [0.2, 0.25) is 5.91 Å². The first kappa shape index (κ1) is 13.3. The third-order valence-electron chi connectivity index (χ3n) is 3.61. The van der Waals surface area contributed by atoms with E-state index in [-0.39, 0.29) is 5.91 Å². The molecule has 0 radical (unpaired) electrons. The van der Waals surface area contributed by atoms with Crippen molar-refractivity contribution in [2.24, 2.45) is 0 Å². The standard InChI is InChI=1S/C12H22N4O2/c1-13-12(18)14-11(17)4-5-15-6-8-16(9-7-15)10-2-3-10/h10H,2-9H2,1H3,(H2,13,14,17,18). The van der Waals surface area contributed by atoms with Gasteiger partial charge in [0.15, 0.2) is 0 Å². The molecule has 1 saturated heterocycles. The van der Waals surface area contributed by atoms with E-state index in [2.05, 4.69) is 20.4 Å². The lowest BCUT2D eigenvalue weighted by Gasteiger charge is -2.34. The van der Waals surface area contributed by atoms with Crippen LogP contribution in [-0.4, -0.2) is 67.6 Å². The van der Waals surface area contributed by atoms with Crippen LogP contribution in [0.4, 0.5) is 4.79 Å². The number of amides is 3. The van der Waals surface area contributed by atoms with Crippen molar-refractivity contribution in [2.45, 2.75) is 25.3 Å². The summed E-state index contributed by atoms with van der Waals surface area (Å²) in [5.74, 6) is -0.209. The summed E-state index contributed by atoms with van der Waals surface area (Å²) in [5.41, 5.74) is 0. The molecule has 1 saturated carbocycles. The van der Waals surface area contributed by atoms with Crippen molar-refractivity contribution in [1.29, 1.82) is 0 Å². The molecule has 6 nitrogen and oxygen atoms in total. The number of nitrogens with one attached hydrogen (secondary N) is 2. The van der Waals surface area contributed by atoms with Gasteiger partial charge in [-0.2, -0.15) is 0 Å². The van der Waals surface area contributed by atoms with E-state index in [1.54, 1.807) is 0 Å². The minimum Gasteiger partial charge on any atom is -0.341 e. The summed E-state index contributed by atoms with van der Waals surface area (Å²) in [4.78, 5) is 27.2. The molecule has 1 aliphatic heterocycles. The van der Waals surface area contributed by atoms with Crippen LogP contribution in [0.1, 0.15) is 19.3 Å². The summed E-state index contributed by atoms with van der Waals surface area (Å²) in [6.07, 6.45) is 3.10. The summed E-state index contributed by atoms with van der Waals surface area (Å²) in [6.45, 7) is 5.03. The molecule has 0 aromatic rings. The molecule has 1 heterocycles. The quantitative estimate of drug-likeness (QED) is 0.717. The molecule has 102 valence electrons. The van der Waals surface area contributed by atoms with Crippen LogP contribution in [0.5, 0.6) is 0 Å². The first-order chi connectivity index (χ1) is 8.69. The molecule has 0 atom stereocenters. The molecule has 2 N–H and O–H groups in total. The van der Waals surface area contributed by atoms with Crippen molar-refractivity contribution >= 4 is 11.9 Å². The summed E-state index contributed by atoms with van der Waals surface area (Å²) in [6, 6.07) is 0.405. The van der Waals surface area contributed by atoms with Gasteiger partial charge in [0.25, 0.3) is 0 Å². The molecule has 0 aromatic heterocycles. The first-order valence-corrected chi connectivity index (χ1v) is 6.67. The number of carbonyl (C=O) groups excluding carboxylic acids is 2. The number of hydrogen-bond donors (Lipinski definition) is 2. The fraction of sp³-hybridized carbons (Fsp3) is 0.833. The van der Waals surface area contributed by atoms with Gasteiger partial charge in [0.05, 0.1) is 0 Å². The largest absolute Gasteiger partial charge is 0.341 e. The third kappa shape index (κ3) is 3.96. The number of hydrogen-bond acceptors (Lipinski definition) is 4. The van der Waals surface area contributed by atoms with Gasteiger partial charge in [-0.15, -0.1) is 0 Å². The zero-order chi connectivity index (χ0) is 13.0. The zero-order valence-corrected chi connectivity index (χ0v) is 10.9. The Hall–Kier alpha value is -1.14. The van der Waals surface area contributed by atoms with Gasteiger partial charge in [-0.1, -0.05) is 0 Å². The van der Waals surface area contributed by atoms with Gasteiger partial charge in [-0.3, -0.25) is 15.0 Å². The maximum absolute atomic E-state index is 11.4. The van der Waals surface area contributed by atoms with E-state index in [0.717, 1.165) is 38.8 Å². The van der Waals surface area contributed by atoms with Gasteiger partial charge in [-0.05, 0) is 12.8 Å². The molecule has 3 amide bonds. The van der Waals surface area contributed by atoms with Crippen LogP contribution in [-0.2, 0) is 4.79 Å². The molecule has 0 aromatic carbocycles. The highest BCUT2D eigenvalue weighted by Crippen LogP contribution is 2.27. The Morgan fingerprint density at radius 2 is 1.83 bits per heavy atom. The highest BCUT2D eigenvalue weighted by Gasteiger charge is 2.31. The fourth-order valence-corrected chi connectivity index (χ4v) is 2.30. The van der Waals surface area contributed by atoms with E-state index in [1.807, 2.05) is 0 Å². The second kappa shape index (κ2) is 6.15. The molecule has 0 bridgehead atoms. The molecule has 0 unspecified atom stereocenters. The van der Waals surface area contributed by atoms with Gasteiger partial charge in [-0.25, -0.2) is 4.79 Å². The lowest BCUT2D eigenvalue weighted by Crippen LogP contribution is -2.48. The Labute approximate surface area is 108 Å². The van der Waals surface area contributed by atoms with Gasteiger partial charge >= 0.3 is 6.03 Å². The SMILES string of the molecule is CNC(=O)NC(=O)CCN1CCN(C2CC2)CC1. The number of carbonyl (C=O) groups is 2. The number of nitrogens with zero attached hydrogens (tertiary/aromatic N) is 2. The molecule has 2 fully saturated rings. The normalized spacial score (nSPS) is 21.6. The molecule has 2 aliphatic rings. The minimum atomic E-state index is -0.432. The summed E-state index contributed by atoms with van der Waals surface area (Å²) >= 11 is 0. The Kier molecular flexibility index (Phi) is 4.54. The van der Waals surface area contributed by atoms with Crippen LogP contribution in [0.25, 0.3) is 0 Å². The minimum absolute atomic E-state index is 0.209. The van der Waals surface area contributed by atoms with E-state index < -0.39 is 6.03 Å². The molecular weight excluding hydrogens is 232 g/mol. The molecule has 2 rings (SSSR count). The van der Waals surface area contributed by atoms with Crippen molar-refractivity contribution in [3.63, 3.8) is 0 Å². The Bertz CT molecular complexity index is 309. The summed E-state index contributed by atoms with van der Waals surface area (Å²) < 4.78 is 0. The second-order valence-corrected chi connectivity index (χ2v) is 4.99. The molecule has 18 heavy (non-hydrogen) atoms. The van der Waals surface area contributed by atoms with Crippen LogP contribution in [0.15, 0.2) is 0 Å². The predicted molar refractivity (Wildman–Crippen MR) is 68.3 cm³/mol. The Balaban J connectivity index is 1.59. The van der Waals surface area contributed by atoms with E-state index in [4.69, 9.17) is 0 Å². The van der Waals surface area contributed by atoms with Crippen LogP contribution >= 0.6 is 0 Å². The summed E-state index contributed by atoms with van der Waals surface area (Å²) in [5, 5.41) is 4.65. The topological polar surface area (TPSA) is 64.7 Å². The fourth-order valence-electron chi connectivity index (χ4n) is 2.30. The smallest absolute Gasteiger partial charge is 0.321 e. The van der Waals surface area contributed by atoms with E-state index in [1.165, 1.54) is 19.9 Å². The van der Waals surface area contributed by atoms with Crippen molar-refractivity contribution < 1.29 is 9.59 Å². The zero-order valence-electron chi connectivity index (χ0n) is 10.9. The molecule has 1 aliphatic carbocycles. The number of urea groups is 1. The van der Waals surface area contributed by atoms with E-state index >= 15 is 0 Å². The van der Waals surface area contributed by atoms with Crippen LogP contribution in [0, 0.1) is 0 Å². The first-order valence-electron chi connectivity index (χ1n) is 6.67. The lowest BCUT2D eigenvalue weighted by molar-refractivity contribution is -0.120. The van der Waals surface area contributed by atoms with Crippen molar-refractivity contribution in [3.8, 4) is 0 Å². The Morgan fingerprint density at radius 1 is 1.17 bits per heavy atom. The Morgan fingerprint density at radius 3 is 2.39 bits per heavy atom. The maximum atomic E-state index is 11.4. The second-order valence-electron chi connectivity index (χ2n) is 4.99. The van der Waals surface area contributed by atoms with Crippen LogP contribution < -0.4 is 10.6 Å². The maximum Gasteiger partial charge on any atom is 0.321 e. The predicted octanol–water partition coefficient (Wildman–Crippen LogP) is -0.388. The highest BCUT2D eigenvalue weighted by molar-refractivity contribution is 5.94.